The minimum Gasteiger partial charge on any atom is -0.615 e. The molecule has 15 heavy (non-hydrogen) atoms. The van der Waals surface area contributed by atoms with Gasteiger partial charge in [-0.25, -0.2) is 0 Å². The predicted molar refractivity (Wildman–Crippen MR) is 68.7 cm³/mol. The summed E-state index contributed by atoms with van der Waals surface area (Å²) >= 11 is 7.23. The highest BCUT2D eigenvalue weighted by molar-refractivity contribution is 8.03. The van der Waals surface area contributed by atoms with Crippen LogP contribution in [0.3, 0.4) is 0 Å². The SMILES string of the molecule is C[S+]([O-])C1(Cl)C=CC=C2SCCNCC21. The fourth-order valence-corrected chi connectivity index (χ4v) is 4.29. The topological polar surface area (TPSA) is 35.1 Å². The third kappa shape index (κ3) is 2.24. The van der Waals surface area contributed by atoms with E-state index in [2.05, 4.69) is 11.4 Å². The summed E-state index contributed by atoms with van der Waals surface area (Å²) < 4.78 is 11.0. The van der Waals surface area contributed by atoms with Gasteiger partial charge in [0.15, 0.2) is 0 Å². The molecule has 1 saturated heterocycles. The van der Waals surface area contributed by atoms with Crippen LogP contribution in [-0.2, 0) is 11.2 Å². The molecule has 0 aromatic rings. The van der Waals surface area contributed by atoms with Gasteiger partial charge in [-0.2, -0.15) is 0 Å². The van der Waals surface area contributed by atoms with Crippen LogP contribution in [0.5, 0.6) is 0 Å². The van der Waals surface area contributed by atoms with E-state index in [4.69, 9.17) is 11.6 Å². The van der Waals surface area contributed by atoms with E-state index >= 15 is 0 Å². The molecule has 0 radical (unpaired) electrons. The zero-order valence-electron chi connectivity index (χ0n) is 8.53. The first-order valence-corrected chi connectivity index (χ1v) is 7.82. The van der Waals surface area contributed by atoms with Gasteiger partial charge in [-0.3, -0.25) is 0 Å². The van der Waals surface area contributed by atoms with Crippen LogP contribution in [0.1, 0.15) is 0 Å². The summed E-state index contributed by atoms with van der Waals surface area (Å²) in [5.74, 6) is 1.20. The van der Waals surface area contributed by atoms with Gasteiger partial charge in [-0.1, -0.05) is 23.8 Å². The molecule has 1 N–H and O–H groups in total. The Hall–Kier alpha value is 0.390. The molecule has 84 valence electrons. The molecule has 2 aliphatic rings. The monoisotopic (exact) mass is 263 g/mol. The largest absolute Gasteiger partial charge is 0.615 e. The molecular weight excluding hydrogens is 250 g/mol. The lowest BCUT2D eigenvalue weighted by Gasteiger charge is -2.34. The molecule has 1 heterocycles. The van der Waals surface area contributed by atoms with Crippen molar-refractivity contribution < 1.29 is 4.55 Å². The highest BCUT2D eigenvalue weighted by Crippen LogP contribution is 2.44. The average molecular weight is 264 g/mol. The minimum atomic E-state index is -1.06. The second kappa shape index (κ2) is 4.72. The van der Waals surface area contributed by atoms with Crippen molar-refractivity contribution in [3.8, 4) is 0 Å². The van der Waals surface area contributed by atoms with Crippen molar-refractivity contribution >= 4 is 34.5 Å². The standard InChI is InChI=1S/C10H14ClNOS2/c1-15(13)10(11)4-2-3-9-8(10)7-12-5-6-14-9/h2-4,8,12H,5-7H2,1H3. The van der Waals surface area contributed by atoms with E-state index in [1.807, 2.05) is 23.9 Å². The lowest BCUT2D eigenvalue weighted by atomic mass is 9.99. The number of rotatable bonds is 1. The van der Waals surface area contributed by atoms with Crippen molar-refractivity contribution in [2.75, 3.05) is 25.1 Å². The molecule has 0 amide bonds. The Balaban J connectivity index is 2.29. The Morgan fingerprint density at radius 3 is 3.27 bits per heavy atom. The number of thioether (sulfide) groups is 1. The summed E-state index contributed by atoms with van der Waals surface area (Å²) in [4.78, 5) is 1.26. The summed E-state index contributed by atoms with van der Waals surface area (Å²) in [7, 11) is 0. The van der Waals surface area contributed by atoms with E-state index < -0.39 is 15.4 Å². The third-order valence-electron chi connectivity index (χ3n) is 2.74. The van der Waals surface area contributed by atoms with Crippen molar-refractivity contribution in [2.45, 2.75) is 4.21 Å². The highest BCUT2D eigenvalue weighted by atomic mass is 35.5. The second-order valence-electron chi connectivity index (χ2n) is 3.69. The van der Waals surface area contributed by atoms with Crippen molar-refractivity contribution in [3.63, 3.8) is 0 Å². The zero-order valence-corrected chi connectivity index (χ0v) is 10.9. The molecule has 1 aliphatic heterocycles. The smallest absolute Gasteiger partial charge is 0.225 e. The van der Waals surface area contributed by atoms with Crippen LogP contribution in [0.25, 0.3) is 0 Å². The maximum absolute atomic E-state index is 11.8. The Kier molecular flexibility index (Phi) is 3.73. The Labute approximate surface area is 103 Å². The second-order valence-corrected chi connectivity index (χ2v) is 7.29. The lowest BCUT2D eigenvalue weighted by molar-refractivity contribution is 0.519. The summed E-state index contributed by atoms with van der Waals surface area (Å²) in [5, 5.41) is 3.34. The maximum Gasteiger partial charge on any atom is 0.225 e. The first-order valence-electron chi connectivity index (χ1n) is 4.90. The number of allylic oxidation sites excluding steroid dienone is 2. The molecule has 0 spiro atoms. The van der Waals surface area contributed by atoms with Crippen molar-refractivity contribution in [2.24, 2.45) is 5.92 Å². The van der Waals surface area contributed by atoms with Crippen LogP contribution in [0.2, 0.25) is 0 Å². The molecular formula is C10H14ClNOS2. The summed E-state index contributed by atoms with van der Waals surface area (Å²) in [6.45, 7) is 1.80. The number of fused-ring (bicyclic) bond motifs is 1. The van der Waals surface area contributed by atoms with Gasteiger partial charge in [0.2, 0.25) is 4.21 Å². The van der Waals surface area contributed by atoms with Crippen LogP contribution >= 0.6 is 23.4 Å². The summed E-state index contributed by atoms with van der Waals surface area (Å²) in [5.41, 5.74) is 0. The molecule has 0 saturated carbocycles. The number of nitrogens with one attached hydrogen (secondary N) is 1. The fourth-order valence-electron chi connectivity index (χ4n) is 1.87. The highest BCUT2D eigenvalue weighted by Gasteiger charge is 2.47. The van der Waals surface area contributed by atoms with E-state index in [1.54, 1.807) is 6.26 Å². The maximum atomic E-state index is 11.8. The van der Waals surface area contributed by atoms with Gasteiger partial charge in [-0.05, 0) is 22.2 Å². The van der Waals surface area contributed by atoms with E-state index in [0.29, 0.717) is 0 Å². The number of alkyl halides is 1. The van der Waals surface area contributed by atoms with Gasteiger partial charge >= 0.3 is 0 Å². The number of hydrogen-bond acceptors (Lipinski definition) is 3. The molecule has 3 atom stereocenters. The molecule has 0 aromatic carbocycles. The van der Waals surface area contributed by atoms with E-state index in [-0.39, 0.29) is 5.92 Å². The average Bonchev–Trinajstić information content (AvgIpc) is 2.43. The zero-order chi connectivity index (χ0) is 10.9. The van der Waals surface area contributed by atoms with Crippen LogP contribution in [0.4, 0.5) is 0 Å². The normalized spacial score (nSPS) is 37.8. The Bertz CT molecular complexity index is 306. The molecule has 1 aliphatic carbocycles. The first-order chi connectivity index (χ1) is 7.14. The van der Waals surface area contributed by atoms with Gasteiger partial charge < -0.3 is 9.87 Å². The van der Waals surface area contributed by atoms with E-state index in [1.165, 1.54) is 4.91 Å². The van der Waals surface area contributed by atoms with Crippen LogP contribution in [-0.4, -0.2) is 33.9 Å². The van der Waals surface area contributed by atoms with Crippen LogP contribution in [0, 0.1) is 5.92 Å². The fraction of sp³-hybridized carbons (Fsp3) is 0.600. The summed E-state index contributed by atoms with van der Waals surface area (Å²) in [6.07, 6.45) is 7.57. The molecule has 0 bridgehead atoms. The minimum absolute atomic E-state index is 0.141. The van der Waals surface area contributed by atoms with E-state index in [0.717, 1.165) is 18.8 Å². The Morgan fingerprint density at radius 1 is 1.73 bits per heavy atom. The van der Waals surface area contributed by atoms with E-state index in [9.17, 15) is 4.55 Å². The van der Waals surface area contributed by atoms with Crippen LogP contribution in [0.15, 0.2) is 23.1 Å². The molecule has 1 fully saturated rings. The van der Waals surface area contributed by atoms with Gasteiger partial charge in [0.25, 0.3) is 0 Å². The molecule has 3 unspecified atom stereocenters. The van der Waals surface area contributed by atoms with Crippen molar-refractivity contribution in [1.29, 1.82) is 0 Å². The number of hydrogen-bond donors (Lipinski definition) is 1. The number of halogens is 1. The predicted octanol–water partition coefficient (Wildman–Crippen LogP) is 1.71. The lowest BCUT2D eigenvalue weighted by Crippen LogP contribution is -2.44. The molecule has 2 nitrogen and oxygen atoms in total. The third-order valence-corrected chi connectivity index (χ3v) is 6.24. The van der Waals surface area contributed by atoms with Gasteiger partial charge in [0.1, 0.15) is 0 Å². The van der Waals surface area contributed by atoms with Gasteiger partial charge in [-0.15, -0.1) is 11.8 Å². The van der Waals surface area contributed by atoms with Gasteiger partial charge in [0.05, 0.1) is 12.2 Å². The molecule has 0 aromatic heterocycles. The Morgan fingerprint density at radius 2 is 2.53 bits per heavy atom. The first kappa shape index (κ1) is 11.9. The van der Waals surface area contributed by atoms with Gasteiger partial charge in [0, 0.05) is 18.8 Å². The van der Waals surface area contributed by atoms with Crippen LogP contribution < -0.4 is 5.32 Å². The quantitative estimate of drug-likeness (QED) is 0.578. The molecule has 5 heteroatoms. The summed E-state index contributed by atoms with van der Waals surface area (Å²) in [6, 6.07) is 0. The molecule has 2 rings (SSSR count). The van der Waals surface area contributed by atoms with Crippen molar-refractivity contribution in [3.05, 3.63) is 23.1 Å². The van der Waals surface area contributed by atoms with Crippen molar-refractivity contribution in [1.82, 2.24) is 5.32 Å².